The second-order valence-electron chi connectivity index (χ2n) is 6.91. The van der Waals surface area contributed by atoms with Crippen LogP contribution < -0.4 is 5.56 Å². The van der Waals surface area contributed by atoms with Gasteiger partial charge < -0.3 is 9.67 Å². The molecular formula is C19H16ClF2N3O3. The zero-order valence-electron chi connectivity index (χ0n) is 15.0. The summed E-state index contributed by atoms with van der Waals surface area (Å²) in [7, 11) is 0. The van der Waals surface area contributed by atoms with E-state index in [9.17, 15) is 23.5 Å². The number of fused-ring (bicyclic) bond motifs is 1. The number of aromatic nitrogens is 3. The largest absolute Gasteiger partial charge is 0.476 e. The summed E-state index contributed by atoms with van der Waals surface area (Å²) >= 11 is 6.20. The van der Waals surface area contributed by atoms with E-state index >= 15 is 0 Å². The highest BCUT2D eigenvalue weighted by Crippen LogP contribution is 2.57. The smallest absolute Gasteiger partial charge is 0.356 e. The predicted molar refractivity (Wildman–Crippen MR) is 99.6 cm³/mol. The maximum Gasteiger partial charge on any atom is 0.356 e. The number of carboxylic acids is 1. The summed E-state index contributed by atoms with van der Waals surface area (Å²) in [6.45, 7) is 3.86. The Morgan fingerprint density at radius 3 is 2.64 bits per heavy atom. The van der Waals surface area contributed by atoms with Crippen LogP contribution in [0.15, 0.2) is 29.2 Å². The van der Waals surface area contributed by atoms with E-state index in [1.165, 1.54) is 10.8 Å². The molecule has 146 valence electrons. The maximum atomic E-state index is 13.7. The third-order valence-corrected chi connectivity index (χ3v) is 5.50. The molecule has 3 aromatic rings. The standard InChI is InChI=1S/C19H16ClF2N3O3/c1-3-24-13(10-5-4-9(2)12(20)6-10)8-25-16(17(24)26)14(11-7-19(11,21)22)15(23-25)18(27)28/h4-6,8,11H,3,7H2,1-2H3,(H,27,28). The van der Waals surface area contributed by atoms with E-state index in [-0.39, 0.29) is 17.6 Å². The topological polar surface area (TPSA) is 76.6 Å². The lowest BCUT2D eigenvalue weighted by Gasteiger charge is -2.13. The molecule has 0 saturated heterocycles. The van der Waals surface area contributed by atoms with Gasteiger partial charge in [0, 0.05) is 29.1 Å². The molecule has 1 atom stereocenters. The van der Waals surface area contributed by atoms with Gasteiger partial charge in [0.15, 0.2) is 5.69 Å². The van der Waals surface area contributed by atoms with Gasteiger partial charge in [-0.2, -0.15) is 5.10 Å². The fourth-order valence-electron chi connectivity index (χ4n) is 3.49. The lowest BCUT2D eigenvalue weighted by atomic mass is 10.1. The fraction of sp³-hybridized carbons (Fsp3) is 0.316. The van der Waals surface area contributed by atoms with Gasteiger partial charge in [0.2, 0.25) is 0 Å². The van der Waals surface area contributed by atoms with Gasteiger partial charge in [0.1, 0.15) is 5.52 Å². The average molecular weight is 408 g/mol. The molecule has 6 nitrogen and oxygen atoms in total. The summed E-state index contributed by atoms with van der Waals surface area (Å²) in [4.78, 5) is 24.7. The quantitative estimate of drug-likeness (QED) is 0.710. The summed E-state index contributed by atoms with van der Waals surface area (Å²) in [5.74, 6) is -5.78. The van der Waals surface area contributed by atoms with Gasteiger partial charge in [0.05, 0.1) is 17.8 Å². The van der Waals surface area contributed by atoms with Gasteiger partial charge in [-0.05, 0) is 25.5 Å². The molecule has 1 unspecified atom stereocenters. The number of hydrogen-bond acceptors (Lipinski definition) is 3. The number of benzene rings is 1. The van der Waals surface area contributed by atoms with E-state index in [2.05, 4.69) is 5.10 Å². The van der Waals surface area contributed by atoms with Gasteiger partial charge in [-0.1, -0.05) is 23.7 Å². The number of halogens is 3. The molecule has 0 spiro atoms. The highest BCUT2D eigenvalue weighted by atomic mass is 35.5. The van der Waals surface area contributed by atoms with Crippen LogP contribution in [0.1, 0.15) is 40.9 Å². The molecule has 1 aromatic carbocycles. The number of nitrogens with zero attached hydrogens (tertiary/aromatic N) is 3. The number of carbonyl (C=O) groups is 1. The summed E-state index contributed by atoms with van der Waals surface area (Å²) in [6.07, 6.45) is 0.993. The number of aryl methyl sites for hydroxylation is 1. The van der Waals surface area contributed by atoms with Crippen molar-refractivity contribution in [1.29, 1.82) is 0 Å². The maximum absolute atomic E-state index is 13.7. The van der Waals surface area contributed by atoms with Crippen molar-refractivity contribution < 1.29 is 18.7 Å². The van der Waals surface area contributed by atoms with Crippen LogP contribution in [0.25, 0.3) is 16.8 Å². The highest BCUT2D eigenvalue weighted by molar-refractivity contribution is 6.31. The van der Waals surface area contributed by atoms with Crippen LogP contribution in [0.4, 0.5) is 8.78 Å². The molecule has 0 aliphatic heterocycles. The Hall–Kier alpha value is -2.74. The molecule has 1 aliphatic carbocycles. The number of aromatic carboxylic acids is 1. The average Bonchev–Trinajstić information content (AvgIpc) is 3.09. The molecular weight excluding hydrogens is 392 g/mol. The van der Waals surface area contributed by atoms with Crippen molar-refractivity contribution in [3.05, 3.63) is 56.6 Å². The van der Waals surface area contributed by atoms with Crippen LogP contribution in [0.5, 0.6) is 0 Å². The number of hydrogen-bond donors (Lipinski definition) is 1. The second kappa shape index (κ2) is 6.13. The van der Waals surface area contributed by atoms with E-state index in [0.717, 1.165) is 10.1 Å². The molecule has 0 radical (unpaired) electrons. The second-order valence-corrected chi connectivity index (χ2v) is 7.31. The van der Waals surface area contributed by atoms with Gasteiger partial charge in [-0.3, -0.25) is 4.79 Å². The first kappa shape index (κ1) is 18.6. The molecule has 9 heteroatoms. The van der Waals surface area contributed by atoms with Crippen molar-refractivity contribution in [2.24, 2.45) is 0 Å². The van der Waals surface area contributed by atoms with Crippen LogP contribution in [0.2, 0.25) is 5.02 Å². The van der Waals surface area contributed by atoms with E-state index in [0.29, 0.717) is 16.3 Å². The van der Waals surface area contributed by atoms with Crippen molar-refractivity contribution in [1.82, 2.24) is 14.2 Å². The Bertz CT molecular complexity index is 1200. The van der Waals surface area contributed by atoms with E-state index < -0.39 is 35.5 Å². The third kappa shape index (κ3) is 2.71. The minimum Gasteiger partial charge on any atom is -0.476 e. The Morgan fingerprint density at radius 1 is 1.43 bits per heavy atom. The van der Waals surface area contributed by atoms with Crippen molar-refractivity contribution >= 4 is 23.1 Å². The summed E-state index contributed by atoms with van der Waals surface area (Å²) < 4.78 is 29.9. The summed E-state index contributed by atoms with van der Waals surface area (Å²) in [5, 5.41) is 13.9. The van der Waals surface area contributed by atoms with E-state index in [4.69, 9.17) is 11.6 Å². The summed E-state index contributed by atoms with van der Waals surface area (Å²) in [5.41, 5.74) is 0.581. The molecule has 0 amide bonds. The molecule has 28 heavy (non-hydrogen) atoms. The van der Waals surface area contributed by atoms with Crippen molar-refractivity contribution in [3.63, 3.8) is 0 Å². The SMILES string of the molecule is CCn1c(-c2ccc(C)c(Cl)c2)cn2nc(C(=O)O)c(C3CC3(F)F)c2c1=O. The molecule has 2 heterocycles. The van der Waals surface area contributed by atoms with Crippen molar-refractivity contribution in [2.75, 3.05) is 0 Å². The predicted octanol–water partition coefficient (Wildman–Crippen LogP) is 3.97. The first-order valence-corrected chi connectivity index (χ1v) is 9.07. The Morgan fingerprint density at radius 2 is 2.11 bits per heavy atom. The van der Waals surface area contributed by atoms with Crippen molar-refractivity contribution in [3.8, 4) is 11.3 Å². The lowest BCUT2D eigenvalue weighted by molar-refractivity contribution is 0.0688. The molecule has 1 fully saturated rings. The summed E-state index contributed by atoms with van der Waals surface area (Å²) in [6, 6.07) is 5.28. The zero-order chi connectivity index (χ0) is 20.4. The first-order valence-electron chi connectivity index (χ1n) is 8.69. The van der Waals surface area contributed by atoms with Gasteiger partial charge >= 0.3 is 5.97 Å². The fourth-order valence-corrected chi connectivity index (χ4v) is 3.67. The normalized spacial score (nSPS) is 17.8. The van der Waals surface area contributed by atoms with Crippen LogP contribution in [-0.4, -0.2) is 31.2 Å². The van der Waals surface area contributed by atoms with E-state index in [1.54, 1.807) is 25.1 Å². The Kier molecular flexibility index (Phi) is 4.08. The molecule has 1 N–H and O–H groups in total. The Labute approximate surface area is 163 Å². The monoisotopic (exact) mass is 407 g/mol. The van der Waals surface area contributed by atoms with Crippen molar-refractivity contribution in [2.45, 2.75) is 38.7 Å². The number of alkyl halides is 2. The minimum absolute atomic E-state index is 0.122. The van der Waals surface area contributed by atoms with E-state index in [1.807, 2.05) is 6.92 Å². The number of carboxylic acid groups (broad SMARTS) is 1. The molecule has 1 saturated carbocycles. The van der Waals surface area contributed by atoms with Crippen LogP contribution in [-0.2, 0) is 6.54 Å². The minimum atomic E-state index is -3.03. The van der Waals surface area contributed by atoms with Crippen LogP contribution >= 0.6 is 11.6 Å². The molecule has 4 rings (SSSR count). The van der Waals surface area contributed by atoms with Crippen LogP contribution in [0.3, 0.4) is 0 Å². The highest BCUT2D eigenvalue weighted by Gasteiger charge is 2.60. The van der Waals surface area contributed by atoms with Crippen LogP contribution in [0, 0.1) is 6.92 Å². The van der Waals surface area contributed by atoms with Gasteiger partial charge in [-0.25, -0.2) is 18.1 Å². The Balaban J connectivity index is 2.04. The zero-order valence-corrected chi connectivity index (χ0v) is 15.8. The molecule has 0 bridgehead atoms. The van der Waals surface area contributed by atoms with Gasteiger partial charge in [0.25, 0.3) is 11.5 Å². The number of rotatable bonds is 4. The van der Waals surface area contributed by atoms with Gasteiger partial charge in [-0.15, -0.1) is 0 Å². The third-order valence-electron chi connectivity index (χ3n) is 5.09. The molecule has 1 aliphatic rings. The first-order chi connectivity index (χ1) is 13.2. The molecule has 2 aromatic heterocycles. The lowest BCUT2D eigenvalue weighted by Crippen LogP contribution is -2.24.